The third-order valence-electron chi connectivity index (χ3n) is 2.45. The number of fused-ring (bicyclic) bond motifs is 1. The monoisotopic (exact) mass is 263 g/mol. The van der Waals surface area contributed by atoms with Crippen LogP contribution in [0.15, 0.2) is 35.3 Å². The molecule has 100 valence electrons. The lowest BCUT2D eigenvalue weighted by Gasteiger charge is -2.20. The molecule has 0 amide bonds. The van der Waals surface area contributed by atoms with E-state index in [1.807, 2.05) is 0 Å². The van der Waals surface area contributed by atoms with Crippen LogP contribution >= 0.6 is 0 Å². The van der Waals surface area contributed by atoms with Gasteiger partial charge >= 0.3 is 6.09 Å². The molecule has 1 aromatic carbocycles. The zero-order valence-electron chi connectivity index (χ0n) is 10.9. The summed E-state index contributed by atoms with van der Waals surface area (Å²) >= 11 is 0. The van der Waals surface area contributed by atoms with Crippen LogP contribution < -0.4 is 5.43 Å². The van der Waals surface area contributed by atoms with E-state index in [0.29, 0.717) is 5.52 Å². The quantitative estimate of drug-likeness (QED) is 0.734. The van der Waals surface area contributed by atoms with Crippen LogP contribution in [0.1, 0.15) is 20.8 Å². The molecule has 4 nitrogen and oxygen atoms in total. The van der Waals surface area contributed by atoms with Crippen molar-refractivity contribution in [2.45, 2.75) is 26.4 Å². The van der Waals surface area contributed by atoms with Crippen LogP contribution in [0, 0.1) is 5.82 Å². The SMILES string of the molecule is CC(C)(C)OC(=O)n1ccc(=O)c2cc(F)ccc21. The minimum atomic E-state index is -0.646. The Hall–Kier alpha value is -2.17. The normalized spacial score (nSPS) is 11.6. The van der Waals surface area contributed by atoms with Crippen molar-refractivity contribution in [2.24, 2.45) is 0 Å². The van der Waals surface area contributed by atoms with Crippen LogP contribution in [-0.4, -0.2) is 16.3 Å². The fourth-order valence-corrected chi connectivity index (χ4v) is 1.70. The summed E-state index contributed by atoms with van der Waals surface area (Å²) in [5.74, 6) is -0.522. The second-order valence-corrected chi connectivity index (χ2v) is 5.19. The number of halogens is 1. The van der Waals surface area contributed by atoms with Crippen molar-refractivity contribution in [2.75, 3.05) is 0 Å². The predicted octanol–water partition coefficient (Wildman–Crippen LogP) is 2.92. The van der Waals surface area contributed by atoms with Gasteiger partial charge in [-0.2, -0.15) is 0 Å². The summed E-state index contributed by atoms with van der Waals surface area (Å²) in [6.07, 6.45) is 0.723. The molecule has 0 radical (unpaired) electrons. The molecule has 0 aliphatic heterocycles. The minimum absolute atomic E-state index is 0.147. The molecule has 0 saturated heterocycles. The molecule has 0 fully saturated rings. The molecule has 0 aliphatic carbocycles. The molecular formula is C14H14FNO3. The van der Waals surface area contributed by atoms with Gasteiger partial charge in [-0.1, -0.05) is 0 Å². The van der Waals surface area contributed by atoms with Gasteiger partial charge in [-0.05, 0) is 39.0 Å². The molecule has 2 rings (SSSR count). The van der Waals surface area contributed by atoms with Crippen molar-refractivity contribution in [1.82, 2.24) is 4.57 Å². The van der Waals surface area contributed by atoms with Gasteiger partial charge < -0.3 is 4.74 Å². The molecule has 1 heterocycles. The Balaban J connectivity index is 2.59. The molecule has 0 saturated carbocycles. The van der Waals surface area contributed by atoms with E-state index >= 15 is 0 Å². The largest absolute Gasteiger partial charge is 0.443 e. The second kappa shape index (κ2) is 4.50. The lowest BCUT2D eigenvalue weighted by molar-refractivity contribution is 0.0543. The maximum atomic E-state index is 13.2. The highest BCUT2D eigenvalue weighted by atomic mass is 19.1. The zero-order valence-corrected chi connectivity index (χ0v) is 10.9. The van der Waals surface area contributed by atoms with Gasteiger partial charge in [0.15, 0.2) is 5.43 Å². The first kappa shape index (κ1) is 13.3. The molecule has 19 heavy (non-hydrogen) atoms. The fourth-order valence-electron chi connectivity index (χ4n) is 1.70. The van der Waals surface area contributed by atoms with Gasteiger partial charge in [0.2, 0.25) is 0 Å². The number of hydrogen-bond donors (Lipinski definition) is 0. The molecule has 0 aliphatic rings. The molecule has 0 unspecified atom stereocenters. The third-order valence-corrected chi connectivity index (χ3v) is 2.45. The van der Waals surface area contributed by atoms with Crippen LogP contribution in [0.4, 0.5) is 9.18 Å². The molecular weight excluding hydrogens is 249 g/mol. The van der Waals surface area contributed by atoms with Gasteiger partial charge in [-0.25, -0.2) is 9.18 Å². The zero-order chi connectivity index (χ0) is 14.2. The summed E-state index contributed by atoms with van der Waals surface area (Å²) in [4.78, 5) is 23.7. The van der Waals surface area contributed by atoms with Crippen molar-refractivity contribution in [3.8, 4) is 0 Å². The minimum Gasteiger partial charge on any atom is -0.443 e. The summed E-state index contributed by atoms with van der Waals surface area (Å²) in [5, 5.41) is 0.147. The summed E-state index contributed by atoms with van der Waals surface area (Å²) in [6.45, 7) is 5.24. The number of pyridine rings is 1. The Morgan fingerprint density at radius 1 is 1.26 bits per heavy atom. The van der Waals surface area contributed by atoms with E-state index in [4.69, 9.17) is 4.74 Å². The molecule has 0 spiro atoms. The molecule has 0 bridgehead atoms. The number of carbonyl (C=O) groups excluding carboxylic acids is 1. The van der Waals surface area contributed by atoms with E-state index in [1.54, 1.807) is 20.8 Å². The van der Waals surface area contributed by atoms with Crippen molar-refractivity contribution in [3.63, 3.8) is 0 Å². The van der Waals surface area contributed by atoms with Crippen LogP contribution in [0.5, 0.6) is 0 Å². The van der Waals surface area contributed by atoms with Crippen LogP contribution in [0.3, 0.4) is 0 Å². The number of nitrogens with zero attached hydrogens (tertiary/aromatic N) is 1. The van der Waals surface area contributed by atoms with Crippen LogP contribution in [0.2, 0.25) is 0 Å². The Morgan fingerprint density at radius 2 is 1.95 bits per heavy atom. The van der Waals surface area contributed by atoms with Crippen LogP contribution in [-0.2, 0) is 4.74 Å². The maximum Gasteiger partial charge on any atom is 0.418 e. The van der Waals surface area contributed by atoms with Crippen molar-refractivity contribution < 1.29 is 13.9 Å². The van der Waals surface area contributed by atoms with Crippen molar-refractivity contribution in [1.29, 1.82) is 0 Å². The number of carbonyl (C=O) groups is 1. The van der Waals surface area contributed by atoms with Crippen LogP contribution in [0.25, 0.3) is 10.9 Å². The van der Waals surface area contributed by atoms with E-state index in [2.05, 4.69) is 0 Å². The molecule has 0 atom stereocenters. The lowest BCUT2D eigenvalue weighted by atomic mass is 10.2. The Labute approximate surface area is 109 Å². The van der Waals surface area contributed by atoms with Gasteiger partial charge in [0, 0.05) is 17.6 Å². The summed E-state index contributed by atoms with van der Waals surface area (Å²) in [5.41, 5.74) is -0.662. The van der Waals surface area contributed by atoms with Gasteiger partial charge in [-0.15, -0.1) is 0 Å². The molecule has 2 aromatic rings. The lowest BCUT2D eigenvalue weighted by Crippen LogP contribution is -2.28. The summed E-state index contributed by atoms with van der Waals surface area (Å²) in [7, 11) is 0. The Bertz CT molecular complexity index is 698. The number of ether oxygens (including phenoxy) is 1. The second-order valence-electron chi connectivity index (χ2n) is 5.19. The first-order valence-corrected chi connectivity index (χ1v) is 5.82. The number of hydrogen-bond acceptors (Lipinski definition) is 3. The highest BCUT2D eigenvalue weighted by molar-refractivity contribution is 5.87. The fraction of sp³-hybridized carbons (Fsp3) is 0.286. The predicted molar refractivity (Wildman–Crippen MR) is 69.8 cm³/mol. The third kappa shape index (κ3) is 2.81. The van der Waals surface area contributed by atoms with Gasteiger partial charge in [-0.3, -0.25) is 9.36 Å². The summed E-state index contributed by atoms with van der Waals surface area (Å²) in [6, 6.07) is 4.91. The smallest absolute Gasteiger partial charge is 0.418 e. The average molecular weight is 263 g/mol. The topological polar surface area (TPSA) is 48.3 Å². The highest BCUT2D eigenvalue weighted by Crippen LogP contribution is 2.15. The van der Waals surface area contributed by atoms with E-state index in [1.165, 1.54) is 29.0 Å². The summed E-state index contributed by atoms with van der Waals surface area (Å²) < 4.78 is 19.6. The van der Waals surface area contributed by atoms with Crippen molar-refractivity contribution in [3.05, 3.63) is 46.5 Å². The number of rotatable bonds is 0. The molecule has 0 N–H and O–H groups in total. The average Bonchev–Trinajstić information content (AvgIpc) is 2.27. The van der Waals surface area contributed by atoms with E-state index in [0.717, 1.165) is 6.07 Å². The van der Waals surface area contributed by atoms with E-state index in [9.17, 15) is 14.0 Å². The van der Waals surface area contributed by atoms with Gasteiger partial charge in [0.05, 0.1) is 5.52 Å². The van der Waals surface area contributed by atoms with E-state index in [-0.39, 0.29) is 10.8 Å². The van der Waals surface area contributed by atoms with Gasteiger partial charge in [0.1, 0.15) is 11.4 Å². The van der Waals surface area contributed by atoms with E-state index < -0.39 is 17.5 Å². The first-order valence-electron chi connectivity index (χ1n) is 5.82. The molecule has 5 heteroatoms. The first-order chi connectivity index (χ1) is 8.78. The standard InChI is InChI=1S/C14H14FNO3/c1-14(2,3)19-13(18)16-7-6-12(17)10-8-9(15)4-5-11(10)16/h4-8H,1-3H3. The highest BCUT2D eigenvalue weighted by Gasteiger charge is 2.19. The van der Waals surface area contributed by atoms with Crippen molar-refractivity contribution >= 4 is 17.0 Å². The number of aromatic nitrogens is 1. The Morgan fingerprint density at radius 3 is 2.58 bits per heavy atom. The molecule has 1 aromatic heterocycles. The Kier molecular flexibility index (Phi) is 3.14. The number of benzene rings is 1. The maximum absolute atomic E-state index is 13.2. The van der Waals surface area contributed by atoms with Gasteiger partial charge in [0.25, 0.3) is 0 Å².